The Bertz CT molecular complexity index is 491. The minimum atomic E-state index is -0.895. The fourth-order valence-electron chi connectivity index (χ4n) is 2.11. The first kappa shape index (κ1) is 15.4. The highest BCUT2D eigenvalue weighted by Gasteiger charge is 2.29. The van der Waals surface area contributed by atoms with Crippen molar-refractivity contribution in [3.05, 3.63) is 28.2 Å². The van der Waals surface area contributed by atoms with Crippen LogP contribution in [-0.4, -0.2) is 36.4 Å². The molecule has 4 N–H and O–H groups in total. The van der Waals surface area contributed by atoms with Gasteiger partial charge in [-0.3, -0.25) is 0 Å². The number of benzene rings is 1. The highest BCUT2D eigenvalue weighted by molar-refractivity contribution is 6.35. The van der Waals surface area contributed by atoms with E-state index >= 15 is 0 Å². The number of hydrogen-bond donors (Lipinski definition) is 4. The van der Waals surface area contributed by atoms with Crippen molar-refractivity contribution in [1.82, 2.24) is 10.6 Å². The van der Waals surface area contributed by atoms with Crippen LogP contribution < -0.4 is 16.0 Å². The molecule has 1 aliphatic rings. The van der Waals surface area contributed by atoms with Gasteiger partial charge < -0.3 is 21.1 Å². The summed E-state index contributed by atoms with van der Waals surface area (Å²) in [5, 5.41) is 19.5. The quantitative estimate of drug-likeness (QED) is 0.690. The monoisotopic (exact) mass is 317 g/mol. The fourth-order valence-corrected chi connectivity index (χ4v) is 2.44. The second-order valence-electron chi connectivity index (χ2n) is 4.94. The Morgan fingerprint density at radius 2 is 2.25 bits per heavy atom. The second-order valence-corrected chi connectivity index (χ2v) is 5.78. The summed E-state index contributed by atoms with van der Waals surface area (Å²) >= 11 is 11.8. The Morgan fingerprint density at radius 3 is 2.95 bits per heavy atom. The lowest BCUT2D eigenvalue weighted by Gasteiger charge is -2.32. The van der Waals surface area contributed by atoms with Gasteiger partial charge in [-0.1, -0.05) is 23.2 Å². The molecule has 2 rings (SSSR count). The third kappa shape index (κ3) is 4.24. The molecule has 1 fully saturated rings. The SMILES string of the molecule is O=C(NC[C@@]1(O)CCCNC1)Nc1cc(Cl)ccc1Cl. The maximum absolute atomic E-state index is 11.8. The van der Waals surface area contributed by atoms with Crippen molar-refractivity contribution >= 4 is 34.9 Å². The number of aliphatic hydroxyl groups is 1. The fraction of sp³-hybridized carbons (Fsp3) is 0.462. The molecule has 2 amide bonds. The van der Waals surface area contributed by atoms with Gasteiger partial charge in [0.1, 0.15) is 0 Å². The molecule has 7 heteroatoms. The topological polar surface area (TPSA) is 73.4 Å². The molecular formula is C13H17Cl2N3O2. The standard InChI is InChI=1S/C13H17Cl2N3O2/c14-9-2-3-10(15)11(6-9)18-12(19)17-8-13(20)4-1-5-16-7-13/h2-3,6,16,20H,1,4-5,7-8H2,(H2,17,18,19)/t13-/m1/s1. The van der Waals surface area contributed by atoms with E-state index in [1.165, 1.54) is 0 Å². The zero-order valence-electron chi connectivity index (χ0n) is 10.9. The minimum absolute atomic E-state index is 0.185. The number of β-amino-alcohol motifs (C(OH)–C–C–N with tert-alkyl or cyclic N) is 1. The van der Waals surface area contributed by atoms with Crippen molar-refractivity contribution in [3.8, 4) is 0 Å². The summed E-state index contributed by atoms with van der Waals surface area (Å²) in [5.41, 5.74) is -0.460. The Kier molecular flexibility index (Phi) is 5.10. The number of hydrogen-bond acceptors (Lipinski definition) is 3. The zero-order chi connectivity index (χ0) is 14.6. The van der Waals surface area contributed by atoms with E-state index < -0.39 is 11.6 Å². The second kappa shape index (κ2) is 6.63. The summed E-state index contributed by atoms with van der Waals surface area (Å²) in [6.07, 6.45) is 1.55. The van der Waals surface area contributed by atoms with Crippen molar-refractivity contribution in [3.63, 3.8) is 0 Å². The number of nitrogens with one attached hydrogen (secondary N) is 3. The summed E-state index contributed by atoms with van der Waals surface area (Å²) in [6.45, 7) is 1.56. The molecule has 1 aromatic rings. The molecule has 5 nitrogen and oxygen atoms in total. The average Bonchev–Trinajstić information content (AvgIpc) is 2.42. The third-order valence-corrected chi connectivity index (χ3v) is 3.77. The highest BCUT2D eigenvalue weighted by atomic mass is 35.5. The normalized spacial score (nSPS) is 22.4. The van der Waals surface area contributed by atoms with Crippen molar-refractivity contribution in [1.29, 1.82) is 0 Å². The van der Waals surface area contributed by atoms with Crippen LogP contribution >= 0.6 is 23.2 Å². The van der Waals surface area contributed by atoms with Gasteiger partial charge in [-0.25, -0.2) is 4.79 Å². The van der Waals surface area contributed by atoms with E-state index in [1.54, 1.807) is 18.2 Å². The van der Waals surface area contributed by atoms with Crippen LogP contribution in [-0.2, 0) is 0 Å². The molecule has 0 radical (unpaired) electrons. The summed E-state index contributed by atoms with van der Waals surface area (Å²) in [4.78, 5) is 11.8. The molecule has 1 atom stereocenters. The first-order chi connectivity index (χ1) is 9.48. The molecule has 0 saturated carbocycles. The molecule has 0 spiro atoms. The molecular weight excluding hydrogens is 301 g/mol. The van der Waals surface area contributed by atoms with Gasteiger partial charge in [0.25, 0.3) is 0 Å². The first-order valence-electron chi connectivity index (χ1n) is 6.42. The smallest absolute Gasteiger partial charge is 0.319 e. The van der Waals surface area contributed by atoms with Gasteiger partial charge in [-0.15, -0.1) is 0 Å². The molecule has 1 aliphatic heterocycles. The van der Waals surface area contributed by atoms with E-state index in [1.807, 2.05) is 0 Å². The molecule has 1 aromatic carbocycles. The van der Waals surface area contributed by atoms with Crippen molar-refractivity contribution in [2.45, 2.75) is 18.4 Å². The summed E-state index contributed by atoms with van der Waals surface area (Å²) in [5.74, 6) is 0. The van der Waals surface area contributed by atoms with Crippen LogP contribution in [0.5, 0.6) is 0 Å². The molecule has 0 aromatic heterocycles. The lowest BCUT2D eigenvalue weighted by atomic mass is 9.94. The molecule has 0 bridgehead atoms. The maximum atomic E-state index is 11.8. The summed E-state index contributed by atoms with van der Waals surface area (Å²) < 4.78 is 0. The Hall–Kier alpha value is -1.01. The predicted octanol–water partition coefficient (Wildman–Crippen LogP) is 2.23. The van der Waals surface area contributed by atoms with E-state index in [-0.39, 0.29) is 6.54 Å². The zero-order valence-corrected chi connectivity index (χ0v) is 12.4. The van der Waals surface area contributed by atoms with Gasteiger partial charge in [-0.2, -0.15) is 0 Å². The Balaban J connectivity index is 1.87. The van der Waals surface area contributed by atoms with Crippen LogP contribution in [0.2, 0.25) is 10.0 Å². The molecule has 1 saturated heterocycles. The molecule has 1 heterocycles. The number of piperidine rings is 1. The summed E-state index contributed by atoms with van der Waals surface area (Å²) in [7, 11) is 0. The summed E-state index contributed by atoms with van der Waals surface area (Å²) in [6, 6.07) is 4.40. The van der Waals surface area contributed by atoms with E-state index in [4.69, 9.17) is 23.2 Å². The molecule has 0 unspecified atom stereocenters. The van der Waals surface area contributed by atoms with Crippen LogP contribution in [0.15, 0.2) is 18.2 Å². The number of urea groups is 1. The van der Waals surface area contributed by atoms with Crippen molar-refractivity contribution in [2.24, 2.45) is 0 Å². The van der Waals surface area contributed by atoms with Crippen LogP contribution in [0.3, 0.4) is 0 Å². The van der Waals surface area contributed by atoms with Crippen molar-refractivity contribution < 1.29 is 9.90 Å². The number of halogens is 2. The Morgan fingerprint density at radius 1 is 1.45 bits per heavy atom. The largest absolute Gasteiger partial charge is 0.387 e. The van der Waals surface area contributed by atoms with Gasteiger partial charge in [-0.05, 0) is 37.6 Å². The molecule has 20 heavy (non-hydrogen) atoms. The van der Waals surface area contributed by atoms with E-state index in [2.05, 4.69) is 16.0 Å². The number of carbonyl (C=O) groups excluding carboxylic acids is 1. The lowest BCUT2D eigenvalue weighted by Crippen LogP contribution is -2.53. The number of amides is 2. The average molecular weight is 318 g/mol. The Labute approximate surface area is 127 Å². The number of anilines is 1. The van der Waals surface area contributed by atoms with E-state index in [0.717, 1.165) is 13.0 Å². The lowest BCUT2D eigenvalue weighted by molar-refractivity contribution is 0.0198. The van der Waals surface area contributed by atoms with Gasteiger partial charge in [0.2, 0.25) is 0 Å². The van der Waals surface area contributed by atoms with E-state index in [0.29, 0.717) is 28.7 Å². The predicted molar refractivity (Wildman–Crippen MR) is 80.5 cm³/mol. The van der Waals surface area contributed by atoms with E-state index in [9.17, 15) is 9.90 Å². The molecule has 110 valence electrons. The third-order valence-electron chi connectivity index (χ3n) is 3.20. The van der Waals surface area contributed by atoms with Gasteiger partial charge in [0.05, 0.1) is 16.3 Å². The highest BCUT2D eigenvalue weighted by Crippen LogP contribution is 2.25. The van der Waals surface area contributed by atoms with Crippen LogP contribution in [0.4, 0.5) is 10.5 Å². The van der Waals surface area contributed by atoms with Gasteiger partial charge in [0.15, 0.2) is 0 Å². The van der Waals surface area contributed by atoms with Crippen LogP contribution in [0.1, 0.15) is 12.8 Å². The number of carbonyl (C=O) groups is 1. The first-order valence-corrected chi connectivity index (χ1v) is 7.17. The minimum Gasteiger partial charge on any atom is -0.387 e. The van der Waals surface area contributed by atoms with Crippen LogP contribution in [0.25, 0.3) is 0 Å². The molecule has 0 aliphatic carbocycles. The van der Waals surface area contributed by atoms with Crippen molar-refractivity contribution in [2.75, 3.05) is 25.0 Å². The van der Waals surface area contributed by atoms with Crippen LogP contribution in [0, 0.1) is 0 Å². The maximum Gasteiger partial charge on any atom is 0.319 e. The van der Waals surface area contributed by atoms with Gasteiger partial charge >= 0.3 is 6.03 Å². The van der Waals surface area contributed by atoms with Gasteiger partial charge in [0, 0.05) is 18.1 Å². The number of rotatable bonds is 3.